The molecule has 1 aliphatic heterocycles. The van der Waals surface area contributed by atoms with Gasteiger partial charge >= 0.3 is 0 Å². The molecule has 0 radical (unpaired) electrons. The number of rotatable bonds is 5. The highest BCUT2D eigenvalue weighted by atomic mass is 32.2. The average Bonchev–Trinajstić information content (AvgIpc) is 3.25. The van der Waals surface area contributed by atoms with Crippen LogP contribution in [0.4, 0.5) is 5.88 Å². The zero-order valence-corrected chi connectivity index (χ0v) is 15.2. The molecule has 0 aromatic carbocycles. The molecule has 1 fully saturated rings. The molecule has 0 amide bonds. The number of nitrogens with zero attached hydrogens (tertiary/aromatic N) is 3. The minimum Gasteiger partial charge on any atom is -0.455 e. The van der Waals surface area contributed by atoms with Crippen molar-refractivity contribution in [3.8, 4) is 17.7 Å². The quantitative estimate of drug-likeness (QED) is 0.868. The molecule has 2 aromatic rings. The summed E-state index contributed by atoms with van der Waals surface area (Å²) < 4.78 is 38.0. The summed E-state index contributed by atoms with van der Waals surface area (Å²) in [6.45, 7) is 6.43. The molecule has 134 valence electrons. The molecular formula is C16H20N4O4S. The van der Waals surface area contributed by atoms with E-state index in [0.29, 0.717) is 13.1 Å². The summed E-state index contributed by atoms with van der Waals surface area (Å²) in [6.07, 6.45) is 1.72. The monoisotopic (exact) mass is 364 g/mol. The van der Waals surface area contributed by atoms with Crippen LogP contribution in [0.2, 0.25) is 0 Å². The third-order valence-corrected chi connectivity index (χ3v) is 5.92. The van der Waals surface area contributed by atoms with Crippen molar-refractivity contribution in [1.29, 1.82) is 5.26 Å². The predicted octanol–water partition coefficient (Wildman–Crippen LogP) is 2.72. The number of hydrogen-bond donors (Lipinski definition) is 1. The number of anilines is 1. The summed E-state index contributed by atoms with van der Waals surface area (Å²) in [5.41, 5.74) is 0.0988. The van der Waals surface area contributed by atoms with Gasteiger partial charge in [0.25, 0.3) is 5.89 Å². The largest absolute Gasteiger partial charge is 0.455 e. The van der Waals surface area contributed by atoms with Crippen LogP contribution in [0.5, 0.6) is 0 Å². The molecule has 3 heterocycles. The maximum atomic E-state index is 12.7. The fourth-order valence-corrected chi connectivity index (χ4v) is 4.43. The molecular weight excluding hydrogens is 344 g/mol. The minimum atomic E-state index is -3.59. The molecule has 2 aromatic heterocycles. The number of oxazole rings is 1. The first-order valence-corrected chi connectivity index (χ1v) is 9.55. The summed E-state index contributed by atoms with van der Waals surface area (Å²) in [6, 6.07) is 3.42. The normalized spacial score (nSPS) is 15.6. The topological polar surface area (TPSA) is 112 Å². The Morgan fingerprint density at radius 2 is 2.00 bits per heavy atom. The number of aryl methyl sites for hydroxylation is 1. The van der Waals surface area contributed by atoms with Crippen molar-refractivity contribution in [3.63, 3.8) is 0 Å². The fourth-order valence-electron chi connectivity index (χ4n) is 2.76. The third kappa shape index (κ3) is 3.27. The van der Waals surface area contributed by atoms with E-state index in [4.69, 9.17) is 8.83 Å². The van der Waals surface area contributed by atoms with Gasteiger partial charge in [-0.05, 0) is 33.6 Å². The number of aromatic nitrogens is 1. The van der Waals surface area contributed by atoms with Gasteiger partial charge in [0.2, 0.25) is 21.6 Å². The van der Waals surface area contributed by atoms with Gasteiger partial charge in [-0.3, -0.25) is 0 Å². The first-order valence-electron chi connectivity index (χ1n) is 8.11. The number of hydrogen-bond acceptors (Lipinski definition) is 7. The van der Waals surface area contributed by atoms with Gasteiger partial charge in [0.05, 0.1) is 0 Å². The molecule has 1 N–H and O–H groups in total. The van der Waals surface area contributed by atoms with E-state index in [0.717, 1.165) is 12.8 Å². The fraction of sp³-hybridized carbons (Fsp3) is 0.500. The van der Waals surface area contributed by atoms with Gasteiger partial charge < -0.3 is 14.2 Å². The Morgan fingerprint density at radius 3 is 2.60 bits per heavy atom. The summed E-state index contributed by atoms with van der Waals surface area (Å²) in [7, 11) is -3.59. The standard InChI is InChI=1S/C16H20N4O4S/c1-10(2)18-15-12(9-17)19-16(24-15)13-8-14(11(3)23-13)25(21,22)20-6-4-5-7-20/h8,10,18H,4-7H2,1-3H3. The van der Waals surface area contributed by atoms with Crippen LogP contribution in [0.25, 0.3) is 11.7 Å². The number of nitrogens with one attached hydrogen (secondary N) is 1. The molecule has 1 aliphatic rings. The molecule has 0 unspecified atom stereocenters. The van der Waals surface area contributed by atoms with Gasteiger partial charge in [0.15, 0.2) is 5.76 Å². The Kier molecular flexibility index (Phi) is 4.58. The lowest BCUT2D eigenvalue weighted by molar-refractivity contribution is 0.469. The van der Waals surface area contributed by atoms with Gasteiger partial charge in [-0.15, -0.1) is 0 Å². The molecule has 1 saturated heterocycles. The highest BCUT2D eigenvalue weighted by molar-refractivity contribution is 7.89. The summed E-state index contributed by atoms with van der Waals surface area (Å²) >= 11 is 0. The maximum absolute atomic E-state index is 12.7. The molecule has 3 rings (SSSR count). The first-order chi connectivity index (χ1) is 11.8. The van der Waals surface area contributed by atoms with Crippen molar-refractivity contribution in [3.05, 3.63) is 17.5 Å². The highest BCUT2D eigenvalue weighted by Crippen LogP contribution is 2.33. The van der Waals surface area contributed by atoms with Crippen LogP contribution in [0.15, 0.2) is 19.8 Å². The van der Waals surface area contributed by atoms with Crippen molar-refractivity contribution in [2.24, 2.45) is 0 Å². The van der Waals surface area contributed by atoms with Crippen molar-refractivity contribution < 1.29 is 17.3 Å². The SMILES string of the molecule is Cc1oc(-c2nc(C#N)c(NC(C)C)o2)cc1S(=O)(=O)N1CCCC1. The summed E-state index contributed by atoms with van der Waals surface area (Å²) in [4.78, 5) is 4.20. The average molecular weight is 364 g/mol. The van der Waals surface area contributed by atoms with Crippen LogP contribution in [-0.2, 0) is 10.0 Å². The van der Waals surface area contributed by atoms with E-state index in [1.54, 1.807) is 6.92 Å². The Hall–Kier alpha value is -2.31. The Balaban J connectivity index is 1.98. The van der Waals surface area contributed by atoms with Crippen molar-refractivity contribution >= 4 is 15.9 Å². The third-order valence-electron chi connectivity index (χ3n) is 3.92. The van der Waals surface area contributed by atoms with Crippen molar-refractivity contribution in [2.45, 2.75) is 44.6 Å². The second-order valence-electron chi connectivity index (χ2n) is 6.25. The molecule has 9 heteroatoms. The van der Waals surface area contributed by atoms with Gasteiger partial charge in [0, 0.05) is 25.2 Å². The van der Waals surface area contributed by atoms with Crippen LogP contribution in [-0.4, -0.2) is 36.8 Å². The zero-order chi connectivity index (χ0) is 18.2. The van der Waals surface area contributed by atoms with Gasteiger partial charge in [-0.1, -0.05) is 0 Å². The Morgan fingerprint density at radius 1 is 1.32 bits per heavy atom. The smallest absolute Gasteiger partial charge is 0.266 e. The van der Waals surface area contributed by atoms with E-state index in [-0.39, 0.29) is 39.9 Å². The molecule has 0 aliphatic carbocycles. The molecule has 0 bridgehead atoms. The van der Waals surface area contributed by atoms with Gasteiger partial charge in [0.1, 0.15) is 16.7 Å². The maximum Gasteiger partial charge on any atom is 0.266 e. The second kappa shape index (κ2) is 6.54. The van der Waals surface area contributed by atoms with Crippen LogP contribution < -0.4 is 5.32 Å². The van der Waals surface area contributed by atoms with Crippen LogP contribution >= 0.6 is 0 Å². The lowest BCUT2D eigenvalue weighted by Gasteiger charge is -2.14. The Bertz CT molecular complexity index is 915. The van der Waals surface area contributed by atoms with E-state index in [2.05, 4.69) is 10.3 Å². The van der Waals surface area contributed by atoms with Crippen LogP contribution in [0, 0.1) is 18.3 Å². The highest BCUT2D eigenvalue weighted by Gasteiger charge is 2.32. The Labute approximate surface area is 146 Å². The van der Waals surface area contributed by atoms with Gasteiger partial charge in [-0.25, -0.2) is 8.42 Å². The molecule has 25 heavy (non-hydrogen) atoms. The summed E-state index contributed by atoms with van der Waals surface area (Å²) in [5, 5.41) is 12.2. The number of sulfonamides is 1. The van der Waals surface area contributed by atoms with E-state index >= 15 is 0 Å². The summed E-state index contributed by atoms with van der Waals surface area (Å²) in [5.74, 6) is 0.775. The predicted molar refractivity (Wildman–Crippen MR) is 90.4 cm³/mol. The van der Waals surface area contributed by atoms with E-state index in [1.165, 1.54) is 10.4 Å². The van der Waals surface area contributed by atoms with E-state index in [1.807, 2.05) is 19.9 Å². The lowest BCUT2D eigenvalue weighted by Crippen LogP contribution is -2.27. The minimum absolute atomic E-state index is 0.0531. The van der Waals surface area contributed by atoms with E-state index in [9.17, 15) is 13.7 Å². The molecule has 8 nitrogen and oxygen atoms in total. The number of nitriles is 1. The van der Waals surface area contributed by atoms with Crippen molar-refractivity contribution in [2.75, 3.05) is 18.4 Å². The van der Waals surface area contributed by atoms with E-state index < -0.39 is 10.0 Å². The van der Waals surface area contributed by atoms with Crippen LogP contribution in [0.1, 0.15) is 38.1 Å². The van der Waals surface area contributed by atoms with Crippen molar-refractivity contribution in [1.82, 2.24) is 9.29 Å². The van der Waals surface area contributed by atoms with Crippen LogP contribution in [0.3, 0.4) is 0 Å². The molecule has 0 atom stereocenters. The molecule has 0 saturated carbocycles. The zero-order valence-electron chi connectivity index (χ0n) is 14.4. The van der Waals surface area contributed by atoms with Gasteiger partial charge in [-0.2, -0.15) is 14.6 Å². The number of furan rings is 1. The first kappa shape index (κ1) is 17.5. The molecule has 0 spiro atoms. The lowest BCUT2D eigenvalue weighted by atomic mass is 10.4. The second-order valence-corrected chi connectivity index (χ2v) is 8.16.